The predicted molar refractivity (Wildman–Crippen MR) is 42.0 cm³/mol. The molecule has 0 radical (unpaired) electrons. The largest absolute Gasteiger partial charge is 0.368 e. The zero-order valence-corrected chi connectivity index (χ0v) is 7.18. The molecule has 0 aromatic heterocycles. The molecule has 0 aliphatic heterocycles. The lowest BCUT2D eigenvalue weighted by Gasteiger charge is -2.03. The summed E-state index contributed by atoms with van der Waals surface area (Å²) in [7, 11) is 0. The van der Waals surface area contributed by atoms with Crippen LogP contribution >= 0.6 is 0 Å². The maximum atomic E-state index is 10.7. The zero-order valence-electron chi connectivity index (χ0n) is 7.18. The fraction of sp³-hybridized carbons (Fsp3) is 0.625. The molecule has 0 fully saturated rings. The Morgan fingerprint density at radius 2 is 1.82 bits per heavy atom. The number of hydrogen-bond acceptors (Lipinski definition) is 3. The minimum atomic E-state index is -0.649. The van der Waals surface area contributed by atoms with E-state index in [0.29, 0.717) is 5.57 Å². The number of carbonyl (C=O) groups is 1. The van der Waals surface area contributed by atoms with Crippen LogP contribution in [0, 0.1) is 0 Å². The predicted octanol–water partition coefficient (Wildman–Crippen LogP) is 2.14. The maximum Gasteiger partial charge on any atom is 0.368 e. The first-order valence-electron chi connectivity index (χ1n) is 3.71. The van der Waals surface area contributed by atoms with Gasteiger partial charge in [-0.3, -0.25) is 4.89 Å². The number of carbonyl (C=O) groups excluding carboxylic acids is 1. The molecule has 0 aromatic rings. The minimum Gasteiger partial charge on any atom is -0.296 e. The van der Waals surface area contributed by atoms with E-state index in [9.17, 15) is 4.79 Å². The molecule has 64 valence electrons. The second kappa shape index (κ2) is 4.91. The van der Waals surface area contributed by atoms with E-state index in [-0.39, 0.29) is 0 Å². The van der Waals surface area contributed by atoms with Gasteiger partial charge in [0.15, 0.2) is 0 Å². The summed E-state index contributed by atoms with van der Waals surface area (Å²) in [6, 6.07) is 0. The van der Waals surface area contributed by atoms with Gasteiger partial charge in [0.1, 0.15) is 0 Å². The molecule has 0 unspecified atom stereocenters. The summed E-state index contributed by atoms with van der Waals surface area (Å²) >= 11 is 0. The van der Waals surface area contributed by atoms with E-state index in [0.717, 1.165) is 18.4 Å². The molecule has 1 N–H and O–H groups in total. The van der Waals surface area contributed by atoms with Crippen molar-refractivity contribution in [3.05, 3.63) is 11.1 Å². The standard InChI is InChI=1S/C8H14O3/c1-4-7(5-2)6(3)8(9)11-10/h10H,4-5H2,1-3H3. The van der Waals surface area contributed by atoms with Gasteiger partial charge in [0.25, 0.3) is 0 Å². The lowest BCUT2D eigenvalue weighted by Crippen LogP contribution is -2.04. The van der Waals surface area contributed by atoms with E-state index < -0.39 is 5.97 Å². The van der Waals surface area contributed by atoms with Crippen LogP contribution in [0.2, 0.25) is 0 Å². The molecular weight excluding hydrogens is 144 g/mol. The SMILES string of the molecule is CCC(CC)=C(C)C(=O)OO. The van der Waals surface area contributed by atoms with Gasteiger partial charge >= 0.3 is 5.97 Å². The van der Waals surface area contributed by atoms with Crippen LogP contribution in [0.1, 0.15) is 33.6 Å². The van der Waals surface area contributed by atoms with Crippen molar-refractivity contribution in [1.82, 2.24) is 0 Å². The van der Waals surface area contributed by atoms with Crippen LogP contribution in [0.4, 0.5) is 0 Å². The maximum absolute atomic E-state index is 10.7. The van der Waals surface area contributed by atoms with Crippen LogP contribution in [0.25, 0.3) is 0 Å². The molecular formula is C8H14O3. The number of allylic oxidation sites excluding steroid dienone is 1. The van der Waals surface area contributed by atoms with Gasteiger partial charge < -0.3 is 0 Å². The first kappa shape index (κ1) is 10.2. The lowest BCUT2D eigenvalue weighted by molar-refractivity contribution is -0.229. The molecule has 0 saturated heterocycles. The van der Waals surface area contributed by atoms with Gasteiger partial charge in [0.05, 0.1) is 0 Å². The first-order valence-corrected chi connectivity index (χ1v) is 3.71. The van der Waals surface area contributed by atoms with Gasteiger partial charge in [-0.05, 0) is 19.8 Å². The van der Waals surface area contributed by atoms with Crippen molar-refractivity contribution in [3.8, 4) is 0 Å². The molecule has 0 atom stereocenters. The molecule has 0 aliphatic carbocycles. The van der Waals surface area contributed by atoms with E-state index in [1.807, 2.05) is 13.8 Å². The van der Waals surface area contributed by atoms with E-state index in [1.54, 1.807) is 6.92 Å². The topological polar surface area (TPSA) is 46.5 Å². The molecule has 0 aliphatic rings. The van der Waals surface area contributed by atoms with Crippen molar-refractivity contribution in [2.24, 2.45) is 0 Å². The van der Waals surface area contributed by atoms with Crippen molar-refractivity contribution in [2.75, 3.05) is 0 Å². The highest BCUT2D eigenvalue weighted by molar-refractivity contribution is 5.88. The average molecular weight is 158 g/mol. The van der Waals surface area contributed by atoms with Gasteiger partial charge in [-0.25, -0.2) is 4.79 Å². The van der Waals surface area contributed by atoms with E-state index >= 15 is 0 Å². The Labute approximate surface area is 66.6 Å². The Morgan fingerprint density at radius 3 is 2.09 bits per heavy atom. The van der Waals surface area contributed by atoms with E-state index in [1.165, 1.54) is 0 Å². The zero-order chi connectivity index (χ0) is 8.85. The van der Waals surface area contributed by atoms with E-state index in [4.69, 9.17) is 5.26 Å². The van der Waals surface area contributed by atoms with Gasteiger partial charge in [0.2, 0.25) is 0 Å². The van der Waals surface area contributed by atoms with Crippen molar-refractivity contribution in [3.63, 3.8) is 0 Å². The summed E-state index contributed by atoms with van der Waals surface area (Å²) < 4.78 is 0. The van der Waals surface area contributed by atoms with Crippen molar-refractivity contribution in [1.29, 1.82) is 0 Å². The minimum absolute atomic E-state index is 0.512. The Bertz CT molecular complexity index is 164. The summed E-state index contributed by atoms with van der Waals surface area (Å²) in [6.45, 7) is 5.58. The summed E-state index contributed by atoms with van der Waals surface area (Å²) in [4.78, 5) is 14.3. The molecule has 0 rings (SSSR count). The Hall–Kier alpha value is -0.830. The van der Waals surface area contributed by atoms with Crippen molar-refractivity contribution < 1.29 is 14.9 Å². The first-order chi connectivity index (χ1) is 5.17. The third kappa shape index (κ3) is 2.72. The van der Waals surface area contributed by atoms with Crippen LogP contribution in [-0.2, 0) is 9.68 Å². The smallest absolute Gasteiger partial charge is 0.296 e. The molecule has 0 heterocycles. The molecule has 3 heteroatoms. The second-order valence-electron chi connectivity index (χ2n) is 2.31. The van der Waals surface area contributed by atoms with Crippen LogP contribution in [-0.4, -0.2) is 11.2 Å². The third-order valence-corrected chi connectivity index (χ3v) is 1.77. The van der Waals surface area contributed by atoms with Crippen LogP contribution in [0.3, 0.4) is 0 Å². The summed E-state index contributed by atoms with van der Waals surface area (Å²) in [5.74, 6) is -0.649. The fourth-order valence-electron chi connectivity index (χ4n) is 0.993. The molecule has 0 aromatic carbocycles. The second-order valence-corrected chi connectivity index (χ2v) is 2.31. The third-order valence-electron chi connectivity index (χ3n) is 1.77. The molecule has 0 spiro atoms. The lowest BCUT2D eigenvalue weighted by atomic mass is 10.1. The summed E-state index contributed by atoms with van der Waals surface area (Å²) in [5, 5.41) is 8.06. The van der Waals surface area contributed by atoms with Gasteiger partial charge in [-0.15, -0.1) is 0 Å². The molecule has 0 saturated carbocycles. The van der Waals surface area contributed by atoms with Crippen molar-refractivity contribution >= 4 is 5.97 Å². The fourth-order valence-corrected chi connectivity index (χ4v) is 0.993. The summed E-state index contributed by atoms with van der Waals surface area (Å²) in [5.41, 5.74) is 1.53. The Morgan fingerprint density at radius 1 is 1.36 bits per heavy atom. The Kier molecular flexibility index (Phi) is 4.54. The molecule has 11 heavy (non-hydrogen) atoms. The molecule has 3 nitrogen and oxygen atoms in total. The average Bonchev–Trinajstić information content (AvgIpc) is 2.05. The van der Waals surface area contributed by atoms with E-state index in [2.05, 4.69) is 4.89 Å². The highest BCUT2D eigenvalue weighted by atomic mass is 17.1. The summed E-state index contributed by atoms with van der Waals surface area (Å²) in [6.07, 6.45) is 1.63. The monoisotopic (exact) mass is 158 g/mol. The molecule has 0 amide bonds. The highest BCUT2D eigenvalue weighted by Gasteiger charge is 2.08. The number of hydrogen-bond donors (Lipinski definition) is 1. The van der Waals surface area contributed by atoms with Crippen LogP contribution in [0.5, 0.6) is 0 Å². The van der Waals surface area contributed by atoms with Crippen molar-refractivity contribution in [2.45, 2.75) is 33.6 Å². The normalized spacial score (nSPS) is 9.09. The van der Waals surface area contributed by atoms with Gasteiger partial charge in [0, 0.05) is 5.57 Å². The Balaban J connectivity index is 4.46. The highest BCUT2D eigenvalue weighted by Crippen LogP contribution is 2.12. The molecule has 0 bridgehead atoms. The quantitative estimate of drug-likeness (QED) is 0.389. The number of rotatable bonds is 3. The van der Waals surface area contributed by atoms with Gasteiger partial charge in [-0.1, -0.05) is 19.4 Å². The van der Waals surface area contributed by atoms with Crippen LogP contribution < -0.4 is 0 Å². The van der Waals surface area contributed by atoms with Crippen LogP contribution in [0.15, 0.2) is 11.1 Å². The van der Waals surface area contributed by atoms with Gasteiger partial charge in [-0.2, -0.15) is 5.26 Å².